The van der Waals surface area contributed by atoms with Crippen LogP contribution in [0.2, 0.25) is 0 Å². The van der Waals surface area contributed by atoms with Crippen molar-refractivity contribution in [2.75, 3.05) is 19.7 Å². The van der Waals surface area contributed by atoms with Crippen molar-refractivity contribution >= 4 is 0 Å². The Bertz CT molecular complexity index is 379. The molecule has 0 bridgehead atoms. The van der Waals surface area contributed by atoms with Gasteiger partial charge in [0.1, 0.15) is 18.5 Å². The van der Waals surface area contributed by atoms with Crippen LogP contribution < -0.4 is 10.1 Å². The molecule has 1 aromatic rings. The van der Waals surface area contributed by atoms with Crippen molar-refractivity contribution < 1.29 is 9.84 Å². The first kappa shape index (κ1) is 16.7. The predicted molar refractivity (Wildman–Crippen MR) is 84.2 cm³/mol. The second kappa shape index (κ2) is 10.5. The van der Waals surface area contributed by atoms with E-state index in [0.717, 1.165) is 12.2 Å². The molecular weight excluding hydrogens is 250 g/mol. The zero-order valence-corrected chi connectivity index (χ0v) is 12.5. The Morgan fingerprint density at radius 3 is 2.90 bits per heavy atom. The van der Waals surface area contributed by atoms with Crippen LogP contribution in [0.3, 0.4) is 0 Å². The minimum Gasteiger partial charge on any atom is -0.491 e. The molecule has 3 heteroatoms. The average molecular weight is 277 g/mol. The lowest BCUT2D eigenvalue weighted by Crippen LogP contribution is -2.31. The third kappa shape index (κ3) is 6.73. The molecule has 1 aromatic carbocycles. The summed E-state index contributed by atoms with van der Waals surface area (Å²) in [6.07, 6.45) is 5.95. The smallest absolute Gasteiger partial charge is 0.122 e. The summed E-state index contributed by atoms with van der Waals surface area (Å²) in [5.74, 6) is 0.895. The second-order valence-corrected chi connectivity index (χ2v) is 4.98. The molecule has 3 nitrogen and oxygen atoms in total. The van der Waals surface area contributed by atoms with E-state index in [9.17, 15) is 5.11 Å². The monoisotopic (exact) mass is 277 g/mol. The van der Waals surface area contributed by atoms with Gasteiger partial charge in [-0.05, 0) is 24.5 Å². The van der Waals surface area contributed by atoms with Crippen molar-refractivity contribution in [2.45, 2.75) is 38.7 Å². The van der Waals surface area contributed by atoms with Gasteiger partial charge in [-0.3, -0.25) is 0 Å². The largest absolute Gasteiger partial charge is 0.491 e. The number of aryl methyl sites for hydroxylation is 1. The van der Waals surface area contributed by atoms with Crippen molar-refractivity contribution in [3.05, 3.63) is 42.5 Å². The number of ether oxygens (including phenoxy) is 1. The molecule has 20 heavy (non-hydrogen) atoms. The number of unbranched alkanes of at least 4 members (excludes halogenated alkanes) is 2. The normalized spacial score (nSPS) is 12.1. The molecule has 112 valence electrons. The van der Waals surface area contributed by atoms with Gasteiger partial charge in [-0.15, -0.1) is 6.58 Å². The highest BCUT2D eigenvalue weighted by atomic mass is 16.5. The molecule has 0 aliphatic carbocycles. The fourth-order valence-electron chi connectivity index (χ4n) is 2.01. The van der Waals surface area contributed by atoms with E-state index in [2.05, 4.69) is 24.9 Å². The van der Waals surface area contributed by atoms with Gasteiger partial charge in [0.25, 0.3) is 0 Å². The van der Waals surface area contributed by atoms with Crippen LogP contribution in [0.4, 0.5) is 0 Å². The Kier molecular flexibility index (Phi) is 8.76. The lowest BCUT2D eigenvalue weighted by atomic mass is 10.1. The number of nitrogens with one attached hydrogen (secondary N) is 1. The van der Waals surface area contributed by atoms with E-state index in [0.29, 0.717) is 19.7 Å². The summed E-state index contributed by atoms with van der Waals surface area (Å²) in [6, 6.07) is 8.09. The highest BCUT2D eigenvalue weighted by molar-refractivity contribution is 5.33. The average Bonchev–Trinajstić information content (AvgIpc) is 2.47. The third-order valence-corrected chi connectivity index (χ3v) is 3.12. The molecule has 0 spiro atoms. The molecule has 0 aliphatic heterocycles. The van der Waals surface area contributed by atoms with Crippen LogP contribution in [-0.2, 0) is 6.42 Å². The Balaban J connectivity index is 2.39. The van der Waals surface area contributed by atoms with Crippen LogP contribution in [0.25, 0.3) is 0 Å². The van der Waals surface area contributed by atoms with Crippen molar-refractivity contribution in [1.82, 2.24) is 5.32 Å². The molecule has 0 radical (unpaired) electrons. The summed E-state index contributed by atoms with van der Waals surface area (Å²) in [4.78, 5) is 0. The first-order chi connectivity index (χ1) is 9.77. The minimum atomic E-state index is -0.501. The highest BCUT2D eigenvalue weighted by Gasteiger charge is 2.07. The van der Waals surface area contributed by atoms with Gasteiger partial charge in [-0.1, -0.05) is 44.0 Å². The Hall–Kier alpha value is -1.32. The van der Waals surface area contributed by atoms with Gasteiger partial charge in [0.2, 0.25) is 0 Å². The summed E-state index contributed by atoms with van der Waals surface area (Å²) in [5, 5.41) is 12.9. The quantitative estimate of drug-likeness (QED) is 0.483. The van der Waals surface area contributed by atoms with Crippen molar-refractivity contribution in [1.29, 1.82) is 0 Å². The van der Waals surface area contributed by atoms with Gasteiger partial charge in [-0.25, -0.2) is 0 Å². The zero-order chi connectivity index (χ0) is 14.6. The van der Waals surface area contributed by atoms with Crippen molar-refractivity contribution in [3.63, 3.8) is 0 Å². The molecule has 0 saturated heterocycles. The summed E-state index contributed by atoms with van der Waals surface area (Å²) in [5.41, 5.74) is 1.23. The number of hydrogen-bond acceptors (Lipinski definition) is 3. The van der Waals surface area contributed by atoms with E-state index in [1.807, 2.05) is 18.2 Å². The molecular formula is C17H27NO2. The Labute approximate surface area is 122 Å². The summed E-state index contributed by atoms with van der Waals surface area (Å²) < 4.78 is 5.74. The van der Waals surface area contributed by atoms with E-state index < -0.39 is 6.10 Å². The molecule has 0 aromatic heterocycles. The number of aliphatic hydroxyl groups is 1. The number of benzene rings is 1. The van der Waals surface area contributed by atoms with Crippen LogP contribution in [0.1, 0.15) is 31.7 Å². The lowest BCUT2D eigenvalue weighted by molar-refractivity contribution is 0.107. The Morgan fingerprint density at radius 1 is 1.35 bits per heavy atom. The Morgan fingerprint density at radius 2 is 2.15 bits per heavy atom. The third-order valence-electron chi connectivity index (χ3n) is 3.12. The van der Waals surface area contributed by atoms with E-state index in [-0.39, 0.29) is 0 Å². The van der Waals surface area contributed by atoms with Gasteiger partial charge in [0, 0.05) is 13.1 Å². The van der Waals surface area contributed by atoms with Crippen LogP contribution >= 0.6 is 0 Å². The van der Waals surface area contributed by atoms with E-state index >= 15 is 0 Å². The number of rotatable bonds is 11. The summed E-state index contributed by atoms with van der Waals surface area (Å²) in [6.45, 7) is 7.36. The van der Waals surface area contributed by atoms with Gasteiger partial charge < -0.3 is 15.2 Å². The van der Waals surface area contributed by atoms with Crippen molar-refractivity contribution in [2.24, 2.45) is 0 Å². The fraction of sp³-hybridized carbons (Fsp3) is 0.529. The molecule has 0 amide bonds. The van der Waals surface area contributed by atoms with Gasteiger partial charge in [-0.2, -0.15) is 0 Å². The molecule has 0 fully saturated rings. The number of aliphatic hydroxyl groups excluding tert-OH is 1. The molecule has 0 saturated carbocycles. The van der Waals surface area contributed by atoms with Crippen LogP contribution in [0, 0.1) is 0 Å². The molecule has 1 rings (SSSR count). The van der Waals surface area contributed by atoms with Crippen LogP contribution in [0.15, 0.2) is 36.9 Å². The maximum atomic E-state index is 9.82. The van der Waals surface area contributed by atoms with Gasteiger partial charge in [0.05, 0.1) is 0 Å². The fourth-order valence-corrected chi connectivity index (χ4v) is 2.01. The van der Waals surface area contributed by atoms with Crippen LogP contribution in [0.5, 0.6) is 5.75 Å². The summed E-state index contributed by atoms with van der Waals surface area (Å²) in [7, 11) is 0. The maximum Gasteiger partial charge on any atom is 0.122 e. The zero-order valence-electron chi connectivity index (χ0n) is 12.5. The lowest BCUT2D eigenvalue weighted by Gasteiger charge is -2.15. The predicted octanol–water partition coefficient (Wildman–Crippen LogP) is 2.93. The summed E-state index contributed by atoms with van der Waals surface area (Å²) >= 11 is 0. The maximum absolute atomic E-state index is 9.82. The molecule has 1 atom stereocenters. The van der Waals surface area contributed by atoms with Gasteiger partial charge >= 0.3 is 0 Å². The van der Waals surface area contributed by atoms with Crippen molar-refractivity contribution in [3.8, 4) is 5.75 Å². The van der Waals surface area contributed by atoms with E-state index in [1.54, 1.807) is 6.08 Å². The number of para-hydroxylation sites is 1. The highest BCUT2D eigenvalue weighted by Crippen LogP contribution is 2.20. The molecule has 2 N–H and O–H groups in total. The first-order valence-corrected chi connectivity index (χ1v) is 7.48. The van der Waals surface area contributed by atoms with Gasteiger partial charge in [0.15, 0.2) is 0 Å². The minimum absolute atomic E-state index is 0.314. The first-order valence-electron chi connectivity index (χ1n) is 7.48. The molecule has 1 unspecified atom stereocenters. The molecule has 0 aliphatic rings. The standard InChI is InChI=1S/C17H27NO2/c1-3-5-6-9-15-10-7-8-11-17(15)20-14-16(19)13-18-12-4-2/h4,7-8,10-11,16,18-19H,2-3,5-6,9,12-14H2,1H3. The number of hydrogen-bond donors (Lipinski definition) is 2. The second-order valence-electron chi connectivity index (χ2n) is 4.98. The topological polar surface area (TPSA) is 41.5 Å². The van der Waals surface area contributed by atoms with Crippen LogP contribution in [-0.4, -0.2) is 30.9 Å². The molecule has 0 heterocycles. The van der Waals surface area contributed by atoms with E-state index in [4.69, 9.17) is 4.74 Å². The SMILES string of the molecule is C=CCNCC(O)COc1ccccc1CCCCC. The van der Waals surface area contributed by atoms with E-state index in [1.165, 1.54) is 24.8 Å².